The summed E-state index contributed by atoms with van der Waals surface area (Å²) >= 11 is 6.10. The standard InChI is InChI=1S/C17H26ClN/c1-3-16(14-8-7-9-15(18)12-14)19-13-17(4-2)10-5-6-11-17/h7-9,12,16,19H,3-6,10-11,13H2,1-2H3. The van der Waals surface area contributed by atoms with Crippen LogP contribution in [-0.2, 0) is 0 Å². The van der Waals surface area contributed by atoms with Gasteiger partial charge in [0.05, 0.1) is 0 Å². The Hall–Kier alpha value is -0.530. The lowest BCUT2D eigenvalue weighted by Crippen LogP contribution is -2.34. The van der Waals surface area contributed by atoms with Gasteiger partial charge in [0.2, 0.25) is 0 Å². The Kier molecular flexibility index (Phi) is 5.29. The Balaban J connectivity index is 1.99. The van der Waals surface area contributed by atoms with Gasteiger partial charge < -0.3 is 5.32 Å². The van der Waals surface area contributed by atoms with Crippen molar-refractivity contribution in [1.82, 2.24) is 5.32 Å². The van der Waals surface area contributed by atoms with Crippen LogP contribution in [-0.4, -0.2) is 6.54 Å². The zero-order valence-electron chi connectivity index (χ0n) is 12.2. The second-order valence-electron chi connectivity index (χ2n) is 5.96. The molecule has 0 heterocycles. The summed E-state index contributed by atoms with van der Waals surface area (Å²) in [5.74, 6) is 0. The molecule has 1 atom stereocenters. The van der Waals surface area contributed by atoms with E-state index in [9.17, 15) is 0 Å². The van der Waals surface area contributed by atoms with Crippen molar-refractivity contribution in [2.75, 3.05) is 6.54 Å². The molecule has 1 aliphatic rings. The minimum absolute atomic E-state index is 0.433. The predicted molar refractivity (Wildman–Crippen MR) is 83.7 cm³/mol. The van der Waals surface area contributed by atoms with Crippen LogP contribution < -0.4 is 5.32 Å². The largest absolute Gasteiger partial charge is 0.309 e. The summed E-state index contributed by atoms with van der Waals surface area (Å²) < 4.78 is 0. The maximum Gasteiger partial charge on any atom is 0.0409 e. The van der Waals surface area contributed by atoms with Crippen LogP contribution in [0.3, 0.4) is 0 Å². The van der Waals surface area contributed by atoms with Crippen molar-refractivity contribution in [1.29, 1.82) is 0 Å². The summed E-state index contributed by atoms with van der Waals surface area (Å²) in [5, 5.41) is 4.62. The lowest BCUT2D eigenvalue weighted by molar-refractivity contribution is 0.254. The number of hydrogen-bond donors (Lipinski definition) is 1. The molecule has 0 spiro atoms. The Morgan fingerprint density at radius 2 is 2.00 bits per heavy atom. The van der Waals surface area contributed by atoms with Gasteiger partial charge in [-0.15, -0.1) is 0 Å². The smallest absolute Gasteiger partial charge is 0.0409 e. The third-order valence-electron chi connectivity index (χ3n) is 4.80. The van der Waals surface area contributed by atoms with Gasteiger partial charge in [-0.2, -0.15) is 0 Å². The zero-order chi connectivity index (χ0) is 13.7. The minimum atomic E-state index is 0.433. The van der Waals surface area contributed by atoms with Crippen LogP contribution in [0.5, 0.6) is 0 Å². The van der Waals surface area contributed by atoms with Crippen LogP contribution in [0.25, 0.3) is 0 Å². The zero-order valence-corrected chi connectivity index (χ0v) is 13.0. The van der Waals surface area contributed by atoms with Crippen LogP contribution in [0, 0.1) is 5.41 Å². The molecule has 0 bridgehead atoms. The molecule has 0 saturated heterocycles. The van der Waals surface area contributed by atoms with E-state index in [-0.39, 0.29) is 0 Å². The van der Waals surface area contributed by atoms with Gasteiger partial charge in [0.15, 0.2) is 0 Å². The summed E-state index contributed by atoms with van der Waals surface area (Å²) in [6, 6.07) is 8.70. The molecule has 0 radical (unpaired) electrons. The third kappa shape index (κ3) is 3.73. The highest BCUT2D eigenvalue weighted by molar-refractivity contribution is 6.30. The fourth-order valence-corrected chi connectivity index (χ4v) is 3.54. The van der Waals surface area contributed by atoms with Gasteiger partial charge in [0.25, 0.3) is 0 Å². The molecule has 0 aromatic heterocycles. The lowest BCUT2D eigenvalue weighted by atomic mass is 9.83. The molecule has 1 unspecified atom stereocenters. The van der Waals surface area contributed by atoms with E-state index in [0.29, 0.717) is 11.5 Å². The molecule has 106 valence electrons. The molecule has 2 heteroatoms. The van der Waals surface area contributed by atoms with Crippen LogP contribution in [0.15, 0.2) is 24.3 Å². The Bertz CT molecular complexity index is 396. The second kappa shape index (κ2) is 6.76. The molecule has 2 rings (SSSR count). The fraction of sp³-hybridized carbons (Fsp3) is 0.647. The van der Waals surface area contributed by atoms with Gasteiger partial charge in [-0.1, -0.05) is 50.4 Å². The topological polar surface area (TPSA) is 12.0 Å². The summed E-state index contributed by atoms with van der Waals surface area (Å²) in [7, 11) is 0. The molecule has 1 nitrogen and oxygen atoms in total. The van der Waals surface area contributed by atoms with Crippen LogP contribution in [0.1, 0.15) is 64.0 Å². The first-order valence-corrected chi connectivity index (χ1v) is 8.06. The van der Waals surface area contributed by atoms with Gasteiger partial charge in [-0.3, -0.25) is 0 Å². The van der Waals surface area contributed by atoms with Gasteiger partial charge in [0, 0.05) is 17.6 Å². The van der Waals surface area contributed by atoms with E-state index in [2.05, 4.69) is 31.3 Å². The molecule has 1 saturated carbocycles. The summed E-state index contributed by atoms with van der Waals surface area (Å²) in [6.07, 6.45) is 8.00. The first-order valence-electron chi connectivity index (χ1n) is 7.68. The van der Waals surface area contributed by atoms with Crippen molar-refractivity contribution in [2.45, 2.75) is 58.4 Å². The van der Waals surface area contributed by atoms with Crippen molar-refractivity contribution in [3.63, 3.8) is 0 Å². The number of benzene rings is 1. The molecule has 1 aliphatic carbocycles. The molecule has 0 aliphatic heterocycles. The van der Waals surface area contributed by atoms with E-state index in [0.717, 1.165) is 18.0 Å². The van der Waals surface area contributed by atoms with E-state index in [1.165, 1.54) is 37.7 Å². The van der Waals surface area contributed by atoms with Gasteiger partial charge in [-0.25, -0.2) is 0 Å². The quantitative estimate of drug-likeness (QED) is 0.740. The lowest BCUT2D eigenvalue weighted by Gasteiger charge is -2.30. The maximum atomic E-state index is 6.10. The number of halogens is 1. The number of nitrogens with one attached hydrogen (secondary N) is 1. The van der Waals surface area contributed by atoms with Crippen molar-refractivity contribution in [3.05, 3.63) is 34.9 Å². The minimum Gasteiger partial charge on any atom is -0.309 e. The molecular weight excluding hydrogens is 254 g/mol. The van der Waals surface area contributed by atoms with Crippen molar-refractivity contribution in [3.8, 4) is 0 Å². The average Bonchev–Trinajstić information content (AvgIpc) is 2.89. The highest BCUT2D eigenvalue weighted by Gasteiger charge is 2.32. The maximum absolute atomic E-state index is 6.10. The summed E-state index contributed by atoms with van der Waals surface area (Å²) in [5.41, 5.74) is 1.87. The van der Waals surface area contributed by atoms with E-state index in [4.69, 9.17) is 11.6 Å². The Labute approximate surface area is 122 Å². The van der Waals surface area contributed by atoms with Crippen molar-refractivity contribution in [2.24, 2.45) is 5.41 Å². The van der Waals surface area contributed by atoms with Gasteiger partial charge >= 0.3 is 0 Å². The SMILES string of the molecule is CCC(NCC1(CC)CCCC1)c1cccc(Cl)c1. The fourth-order valence-electron chi connectivity index (χ4n) is 3.34. The van der Waals surface area contributed by atoms with Crippen molar-refractivity contribution < 1.29 is 0 Å². The monoisotopic (exact) mass is 279 g/mol. The van der Waals surface area contributed by atoms with Crippen LogP contribution in [0.2, 0.25) is 5.02 Å². The molecule has 1 aromatic rings. The predicted octanol–water partition coefficient (Wildman–Crippen LogP) is 5.35. The number of rotatable bonds is 6. The van der Waals surface area contributed by atoms with E-state index in [1.807, 2.05) is 12.1 Å². The Morgan fingerprint density at radius 3 is 2.58 bits per heavy atom. The van der Waals surface area contributed by atoms with Crippen LogP contribution >= 0.6 is 11.6 Å². The molecular formula is C17H26ClN. The molecule has 0 amide bonds. The third-order valence-corrected chi connectivity index (χ3v) is 5.03. The van der Waals surface area contributed by atoms with Gasteiger partial charge in [0.1, 0.15) is 0 Å². The van der Waals surface area contributed by atoms with E-state index in [1.54, 1.807) is 0 Å². The molecule has 1 fully saturated rings. The number of hydrogen-bond acceptors (Lipinski definition) is 1. The summed E-state index contributed by atoms with van der Waals surface area (Å²) in [6.45, 7) is 5.73. The second-order valence-corrected chi connectivity index (χ2v) is 6.39. The summed E-state index contributed by atoms with van der Waals surface area (Å²) in [4.78, 5) is 0. The van der Waals surface area contributed by atoms with Crippen molar-refractivity contribution >= 4 is 11.6 Å². The highest BCUT2D eigenvalue weighted by Crippen LogP contribution is 2.40. The first-order chi connectivity index (χ1) is 9.19. The molecule has 1 N–H and O–H groups in total. The van der Waals surface area contributed by atoms with Crippen LogP contribution in [0.4, 0.5) is 0 Å². The molecule has 19 heavy (non-hydrogen) atoms. The average molecular weight is 280 g/mol. The Morgan fingerprint density at radius 1 is 1.26 bits per heavy atom. The first kappa shape index (κ1) is 14.9. The highest BCUT2D eigenvalue weighted by atomic mass is 35.5. The van der Waals surface area contributed by atoms with E-state index >= 15 is 0 Å². The normalized spacial score (nSPS) is 19.5. The van der Waals surface area contributed by atoms with E-state index < -0.39 is 0 Å². The van der Waals surface area contributed by atoms with Gasteiger partial charge in [-0.05, 0) is 48.8 Å². The molecule has 1 aromatic carbocycles.